The van der Waals surface area contributed by atoms with Gasteiger partial charge in [0.1, 0.15) is 17.1 Å². The fourth-order valence-corrected chi connectivity index (χ4v) is 6.55. The number of carbonyl (C=O) groups is 2. The number of carbonyl (C=O) groups excluding carboxylic acids is 2. The number of anilines is 1. The third-order valence-corrected chi connectivity index (χ3v) is 8.64. The predicted octanol–water partition coefficient (Wildman–Crippen LogP) is 5.61. The zero-order valence-electron chi connectivity index (χ0n) is 25.0. The van der Waals surface area contributed by atoms with E-state index in [1.54, 1.807) is 31.2 Å². The number of aromatic nitrogens is 3. The minimum absolute atomic E-state index is 0.136. The van der Waals surface area contributed by atoms with Crippen molar-refractivity contribution in [3.05, 3.63) is 76.7 Å². The van der Waals surface area contributed by atoms with Crippen LogP contribution >= 0.6 is 11.3 Å². The van der Waals surface area contributed by atoms with E-state index in [2.05, 4.69) is 4.98 Å². The minimum atomic E-state index is -1.10. The first-order valence-corrected chi connectivity index (χ1v) is 14.6. The van der Waals surface area contributed by atoms with Crippen LogP contribution in [-0.4, -0.2) is 59.1 Å². The zero-order valence-corrected chi connectivity index (χ0v) is 25.8. The maximum absolute atomic E-state index is 13.9. The number of thiazole rings is 1. The van der Waals surface area contributed by atoms with Crippen LogP contribution in [0.15, 0.2) is 54.2 Å². The summed E-state index contributed by atoms with van der Waals surface area (Å²) in [5.74, 6) is -0.474. The molecule has 1 fully saturated rings. The number of amides is 1. The van der Waals surface area contributed by atoms with Crippen LogP contribution < -0.4 is 23.8 Å². The third-order valence-electron chi connectivity index (χ3n) is 7.62. The van der Waals surface area contributed by atoms with Gasteiger partial charge in [0.25, 0.3) is 5.78 Å². The molecule has 2 aromatic carbocycles. The molecule has 0 bridgehead atoms. The Labute approximate surface area is 256 Å². The zero-order chi connectivity index (χ0) is 31.3. The largest absolute Gasteiger partial charge is 0.505 e. The number of aryl methyl sites for hydroxylation is 2. The van der Waals surface area contributed by atoms with E-state index in [0.29, 0.717) is 52.0 Å². The van der Waals surface area contributed by atoms with Gasteiger partial charge < -0.3 is 28.5 Å². The number of nitrogens with zero attached hydrogens (tertiary/aromatic N) is 4. The Bertz CT molecular complexity index is 1970. The molecule has 3 aromatic heterocycles. The van der Waals surface area contributed by atoms with Crippen LogP contribution in [0.25, 0.3) is 21.6 Å². The molecule has 1 unspecified atom stereocenters. The number of fused-ring (bicyclic) bond motifs is 2. The molecule has 1 N–H and O–H groups in total. The molecule has 1 aliphatic heterocycles. The van der Waals surface area contributed by atoms with Gasteiger partial charge in [-0.2, -0.15) is 0 Å². The maximum atomic E-state index is 13.9. The van der Waals surface area contributed by atoms with Gasteiger partial charge in [-0.15, -0.1) is 0 Å². The van der Waals surface area contributed by atoms with Crippen molar-refractivity contribution in [2.45, 2.75) is 26.8 Å². The molecule has 6 rings (SSSR count). The van der Waals surface area contributed by atoms with E-state index in [1.807, 2.05) is 42.6 Å². The summed E-state index contributed by atoms with van der Waals surface area (Å²) in [7, 11) is 4.44. The van der Waals surface area contributed by atoms with E-state index in [9.17, 15) is 14.7 Å². The lowest BCUT2D eigenvalue weighted by molar-refractivity contribution is -0.132. The number of aliphatic hydroxyl groups is 1. The second kappa shape index (κ2) is 11.2. The predicted molar refractivity (Wildman–Crippen MR) is 166 cm³/mol. The fourth-order valence-electron chi connectivity index (χ4n) is 5.53. The van der Waals surface area contributed by atoms with Gasteiger partial charge in [0.15, 0.2) is 22.4 Å². The number of aliphatic hydroxyl groups excluding tert-OH is 1. The van der Waals surface area contributed by atoms with E-state index in [4.69, 9.17) is 23.9 Å². The number of ketones is 1. The smallest absolute Gasteiger partial charge is 0.301 e. The normalized spacial score (nSPS) is 16.2. The van der Waals surface area contributed by atoms with E-state index in [1.165, 1.54) is 37.6 Å². The molecular formula is C32H30N4O7S. The lowest BCUT2D eigenvalue weighted by atomic mass is 9.95. The Morgan fingerprint density at radius 1 is 1.00 bits per heavy atom. The number of Topliss-reactive ketones (excluding diaryl/α,β-unsaturated/α-hetero) is 1. The lowest BCUT2D eigenvalue weighted by Gasteiger charge is -2.24. The van der Waals surface area contributed by atoms with Gasteiger partial charge in [0.05, 0.1) is 55.5 Å². The van der Waals surface area contributed by atoms with Crippen LogP contribution in [-0.2, 0) is 9.59 Å². The van der Waals surface area contributed by atoms with Crippen molar-refractivity contribution in [3.8, 4) is 23.0 Å². The van der Waals surface area contributed by atoms with Crippen LogP contribution in [0.3, 0.4) is 0 Å². The van der Waals surface area contributed by atoms with E-state index in [0.717, 1.165) is 10.3 Å². The Kier molecular flexibility index (Phi) is 7.38. The van der Waals surface area contributed by atoms with E-state index < -0.39 is 23.5 Å². The standard InChI is InChI=1S/C32H30N4O7S/c1-7-43-19-10-11-20-23(15-19)44-32(33-20)36-26(18-13-21(40-4)29(42-6)22(14-18)41-5)24(28(38)31(36)39)27(37)25-17(3)35-12-8-9-16(2)30(35)34-25/h8-15,26,37H,7H2,1-6H3. The van der Waals surface area contributed by atoms with E-state index >= 15 is 0 Å². The molecule has 1 atom stereocenters. The van der Waals surface area contributed by atoms with Gasteiger partial charge in [-0.05, 0) is 68.3 Å². The van der Waals surface area contributed by atoms with Crippen molar-refractivity contribution in [2.75, 3.05) is 32.8 Å². The highest BCUT2D eigenvalue weighted by Gasteiger charge is 2.49. The molecule has 4 heterocycles. The Balaban J connectivity index is 1.62. The van der Waals surface area contributed by atoms with Crippen molar-refractivity contribution < 1.29 is 33.6 Å². The molecule has 1 amide bonds. The Morgan fingerprint density at radius 2 is 1.73 bits per heavy atom. The highest BCUT2D eigenvalue weighted by molar-refractivity contribution is 7.22. The van der Waals surface area contributed by atoms with Gasteiger partial charge in [0, 0.05) is 6.20 Å². The third kappa shape index (κ3) is 4.49. The number of benzene rings is 2. The topological polar surface area (TPSA) is 125 Å². The highest BCUT2D eigenvalue weighted by Crippen LogP contribution is 2.48. The van der Waals surface area contributed by atoms with Crippen LogP contribution in [0.2, 0.25) is 0 Å². The van der Waals surface area contributed by atoms with Crippen molar-refractivity contribution in [1.29, 1.82) is 0 Å². The van der Waals surface area contributed by atoms with Crippen molar-refractivity contribution in [1.82, 2.24) is 14.4 Å². The molecular weight excluding hydrogens is 584 g/mol. The second-order valence-electron chi connectivity index (χ2n) is 10.1. The number of methoxy groups -OCH3 is 3. The maximum Gasteiger partial charge on any atom is 0.301 e. The highest BCUT2D eigenvalue weighted by atomic mass is 32.1. The monoisotopic (exact) mass is 614 g/mol. The Hall–Kier alpha value is -5.10. The molecule has 0 radical (unpaired) electrons. The van der Waals surface area contributed by atoms with Gasteiger partial charge >= 0.3 is 5.91 Å². The summed E-state index contributed by atoms with van der Waals surface area (Å²) in [6.07, 6.45) is 1.83. The van der Waals surface area contributed by atoms with Crippen molar-refractivity contribution in [3.63, 3.8) is 0 Å². The van der Waals surface area contributed by atoms with Gasteiger partial charge in [0.2, 0.25) is 5.75 Å². The number of hydrogen-bond acceptors (Lipinski definition) is 10. The van der Waals surface area contributed by atoms with Crippen LogP contribution in [0.5, 0.6) is 23.0 Å². The van der Waals surface area contributed by atoms with Gasteiger partial charge in [-0.3, -0.25) is 14.5 Å². The van der Waals surface area contributed by atoms with Gasteiger partial charge in [-0.1, -0.05) is 17.4 Å². The molecule has 44 heavy (non-hydrogen) atoms. The number of imidazole rings is 1. The molecule has 226 valence electrons. The first-order chi connectivity index (χ1) is 21.2. The molecule has 12 heteroatoms. The molecule has 0 aliphatic carbocycles. The van der Waals surface area contributed by atoms with Crippen molar-refractivity contribution >= 4 is 49.8 Å². The molecule has 5 aromatic rings. The average Bonchev–Trinajstić information content (AvgIpc) is 3.68. The molecule has 0 saturated carbocycles. The van der Waals surface area contributed by atoms with Crippen LogP contribution in [0.1, 0.15) is 35.5 Å². The fraction of sp³-hybridized carbons (Fsp3) is 0.250. The summed E-state index contributed by atoms with van der Waals surface area (Å²) >= 11 is 1.24. The number of ether oxygens (including phenoxy) is 4. The SMILES string of the molecule is CCOc1ccc2nc(N3C(=O)C(=O)C(=C(O)c4nc5c(C)cccn5c4C)C3c3cc(OC)c(OC)c(OC)c3)sc2c1. The first-order valence-electron chi connectivity index (χ1n) is 13.8. The summed E-state index contributed by atoms with van der Waals surface area (Å²) in [5, 5.41) is 12.1. The second-order valence-corrected chi connectivity index (χ2v) is 11.1. The van der Waals surface area contributed by atoms with Crippen LogP contribution in [0, 0.1) is 13.8 Å². The number of hydrogen-bond donors (Lipinski definition) is 1. The molecule has 0 spiro atoms. The first kappa shape index (κ1) is 29.0. The molecule has 1 aliphatic rings. The quantitative estimate of drug-likeness (QED) is 0.135. The summed E-state index contributed by atoms with van der Waals surface area (Å²) in [6.45, 7) is 6.09. The molecule has 11 nitrogen and oxygen atoms in total. The Morgan fingerprint density at radius 3 is 2.36 bits per heavy atom. The van der Waals surface area contributed by atoms with Crippen LogP contribution in [0.4, 0.5) is 5.13 Å². The molecule has 1 saturated heterocycles. The summed E-state index contributed by atoms with van der Waals surface area (Å²) in [4.78, 5) is 38.5. The summed E-state index contributed by atoms with van der Waals surface area (Å²) in [5.41, 5.74) is 3.25. The van der Waals surface area contributed by atoms with E-state index in [-0.39, 0.29) is 16.4 Å². The lowest BCUT2D eigenvalue weighted by Crippen LogP contribution is -2.29. The number of pyridine rings is 1. The average molecular weight is 615 g/mol. The summed E-state index contributed by atoms with van der Waals surface area (Å²) in [6, 6.07) is 11.4. The summed E-state index contributed by atoms with van der Waals surface area (Å²) < 4.78 is 24.9. The minimum Gasteiger partial charge on any atom is -0.505 e. The number of rotatable bonds is 8. The van der Waals surface area contributed by atoms with Crippen molar-refractivity contribution in [2.24, 2.45) is 0 Å². The van der Waals surface area contributed by atoms with Gasteiger partial charge in [-0.25, -0.2) is 9.97 Å².